The Hall–Kier alpha value is -2.62. The minimum Gasteiger partial charge on any atom is -0.496 e. The quantitative estimate of drug-likeness (QED) is 0.681. The van der Waals surface area contributed by atoms with E-state index in [-0.39, 0.29) is 11.3 Å². The summed E-state index contributed by atoms with van der Waals surface area (Å²) in [6, 6.07) is 13.3. The van der Waals surface area contributed by atoms with Gasteiger partial charge < -0.3 is 4.74 Å². The highest BCUT2D eigenvalue weighted by Gasteiger charge is 2.14. The van der Waals surface area contributed by atoms with Crippen LogP contribution in [-0.2, 0) is 5.41 Å². The SMILES string of the molecule is COc1ccc(C=NNC(=O)c2ccc(C(C)(C)C)cc2)cc1C. The van der Waals surface area contributed by atoms with Crippen molar-refractivity contribution in [3.63, 3.8) is 0 Å². The first-order chi connectivity index (χ1) is 11.3. The molecule has 1 amide bonds. The molecule has 2 rings (SSSR count). The molecule has 0 unspecified atom stereocenters. The molecule has 0 heterocycles. The van der Waals surface area contributed by atoms with E-state index < -0.39 is 0 Å². The van der Waals surface area contributed by atoms with Gasteiger partial charge in [0.2, 0.25) is 0 Å². The number of nitrogens with zero attached hydrogens (tertiary/aromatic N) is 1. The molecule has 0 aliphatic heterocycles. The highest BCUT2D eigenvalue weighted by Crippen LogP contribution is 2.22. The van der Waals surface area contributed by atoms with Gasteiger partial charge in [-0.1, -0.05) is 32.9 Å². The van der Waals surface area contributed by atoms with Gasteiger partial charge in [-0.05, 0) is 59.4 Å². The standard InChI is InChI=1S/C20H24N2O2/c1-14-12-15(6-11-18(14)24-5)13-21-22-19(23)16-7-9-17(10-8-16)20(2,3)4/h6-13H,1-5H3,(H,22,23). The molecule has 0 aliphatic carbocycles. The van der Waals surface area contributed by atoms with E-state index in [4.69, 9.17) is 4.74 Å². The second-order valence-corrected chi connectivity index (χ2v) is 6.76. The Balaban J connectivity index is 2.01. The molecule has 0 bridgehead atoms. The van der Waals surface area contributed by atoms with Crippen molar-refractivity contribution in [3.05, 3.63) is 64.7 Å². The van der Waals surface area contributed by atoms with Crippen LogP contribution in [0.5, 0.6) is 5.75 Å². The van der Waals surface area contributed by atoms with Crippen LogP contribution in [0.2, 0.25) is 0 Å². The van der Waals surface area contributed by atoms with Crippen LogP contribution in [0.1, 0.15) is 47.8 Å². The Morgan fingerprint density at radius 1 is 1.12 bits per heavy atom. The fraction of sp³-hybridized carbons (Fsp3) is 0.300. The van der Waals surface area contributed by atoms with Crippen LogP contribution in [0.15, 0.2) is 47.6 Å². The summed E-state index contributed by atoms with van der Waals surface area (Å²) in [5, 5.41) is 4.02. The number of hydrogen-bond acceptors (Lipinski definition) is 3. The van der Waals surface area contributed by atoms with E-state index in [1.807, 2.05) is 49.4 Å². The molecule has 126 valence electrons. The summed E-state index contributed by atoms with van der Waals surface area (Å²) < 4.78 is 5.22. The van der Waals surface area contributed by atoms with Gasteiger partial charge in [-0.15, -0.1) is 0 Å². The van der Waals surface area contributed by atoms with Gasteiger partial charge in [-0.2, -0.15) is 5.10 Å². The van der Waals surface area contributed by atoms with Crippen molar-refractivity contribution in [3.8, 4) is 5.75 Å². The second-order valence-electron chi connectivity index (χ2n) is 6.76. The van der Waals surface area contributed by atoms with E-state index in [9.17, 15) is 4.79 Å². The van der Waals surface area contributed by atoms with Gasteiger partial charge in [-0.25, -0.2) is 5.43 Å². The lowest BCUT2D eigenvalue weighted by molar-refractivity contribution is 0.0955. The molecule has 0 spiro atoms. The van der Waals surface area contributed by atoms with Crippen molar-refractivity contribution >= 4 is 12.1 Å². The molecule has 2 aromatic carbocycles. The molecule has 0 fully saturated rings. The van der Waals surface area contributed by atoms with Crippen LogP contribution in [0.3, 0.4) is 0 Å². The highest BCUT2D eigenvalue weighted by atomic mass is 16.5. The van der Waals surface area contributed by atoms with Crippen molar-refractivity contribution in [2.24, 2.45) is 5.10 Å². The number of ether oxygens (including phenoxy) is 1. The first-order valence-corrected chi connectivity index (χ1v) is 7.90. The van der Waals surface area contributed by atoms with Crippen LogP contribution in [0.4, 0.5) is 0 Å². The maximum absolute atomic E-state index is 12.1. The minimum absolute atomic E-state index is 0.0688. The fourth-order valence-electron chi connectivity index (χ4n) is 2.33. The molecule has 0 saturated carbocycles. The monoisotopic (exact) mass is 324 g/mol. The number of rotatable bonds is 4. The summed E-state index contributed by atoms with van der Waals surface area (Å²) in [5.74, 6) is 0.604. The van der Waals surface area contributed by atoms with Crippen molar-refractivity contribution in [1.82, 2.24) is 5.43 Å². The van der Waals surface area contributed by atoms with E-state index >= 15 is 0 Å². The fourth-order valence-corrected chi connectivity index (χ4v) is 2.33. The largest absolute Gasteiger partial charge is 0.496 e. The normalized spacial score (nSPS) is 11.5. The molecule has 1 N–H and O–H groups in total. The minimum atomic E-state index is -0.225. The summed E-state index contributed by atoms with van der Waals surface area (Å²) in [6.45, 7) is 8.39. The van der Waals surface area contributed by atoms with E-state index in [0.29, 0.717) is 5.56 Å². The number of hydrogen-bond donors (Lipinski definition) is 1. The summed E-state index contributed by atoms with van der Waals surface area (Å²) >= 11 is 0. The third kappa shape index (κ3) is 4.44. The number of amides is 1. The average molecular weight is 324 g/mol. The maximum atomic E-state index is 12.1. The Morgan fingerprint density at radius 3 is 2.33 bits per heavy atom. The Morgan fingerprint density at radius 2 is 1.79 bits per heavy atom. The van der Waals surface area contributed by atoms with Crippen LogP contribution < -0.4 is 10.2 Å². The molecule has 24 heavy (non-hydrogen) atoms. The van der Waals surface area contributed by atoms with Gasteiger partial charge in [0.05, 0.1) is 13.3 Å². The second kappa shape index (κ2) is 7.30. The number of benzene rings is 2. The van der Waals surface area contributed by atoms with E-state index in [0.717, 1.165) is 16.9 Å². The molecule has 4 heteroatoms. The summed E-state index contributed by atoms with van der Waals surface area (Å²) in [5.41, 5.74) is 6.32. The molecule has 0 saturated heterocycles. The van der Waals surface area contributed by atoms with Crippen LogP contribution in [0.25, 0.3) is 0 Å². The summed E-state index contributed by atoms with van der Waals surface area (Å²) in [7, 11) is 1.64. The molecule has 0 aromatic heterocycles. The van der Waals surface area contributed by atoms with Gasteiger partial charge >= 0.3 is 0 Å². The zero-order valence-electron chi connectivity index (χ0n) is 14.9. The smallest absolute Gasteiger partial charge is 0.271 e. The lowest BCUT2D eigenvalue weighted by Crippen LogP contribution is -2.18. The number of carbonyl (C=O) groups excluding carboxylic acids is 1. The first kappa shape index (κ1) is 17.7. The Labute approximate surface area is 143 Å². The zero-order chi connectivity index (χ0) is 17.7. The third-order valence-corrected chi connectivity index (χ3v) is 3.81. The molecule has 0 aliphatic rings. The molecule has 4 nitrogen and oxygen atoms in total. The predicted octanol–water partition coefficient (Wildman–Crippen LogP) is 4.07. The van der Waals surface area contributed by atoms with E-state index in [2.05, 4.69) is 31.3 Å². The van der Waals surface area contributed by atoms with Crippen LogP contribution in [-0.4, -0.2) is 19.2 Å². The van der Waals surface area contributed by atoms with Crippen LogP contribution in [0, 0.1) is 6.92 Å². The summed E-state index contributed by atoms with van der Waals surface area (Å²) in [4.78, 5) is 12.1. The summed E-state index contributed by atoms with van der Waals surface area (Å²) in [6.07, 6.45) is 1.62. The van der Waals surface area contributed by atoms with Gasteiger partial charge in [0.25, 0.3) is 5.91 Å². The molecular formula is C20H24N2O2. The van der Waals surface area contributed by atoms with Crippen LogP contribution >= 0.6 is 0 Å². The van der Waals surface area contributed by atoms with Gasteiger partial charge in [0.1, 0.15) is 5.75 Å². The van der Waals surface area contributed by atoms with E-state index in [1.165, 1.54) is 5.56 Å². The first-order valence-electron chi connectivity index (χ1n) is 7.90. The van der Waals surface area contributed by atoms with Gasteiger partial charge in [-0.3, -0.25) is 4.79 Å². The number of hydrazone groups is 1. The molecule has 0 radical (unpaired) electrons. The zero-order valence-corrected chi connectivity index (χ0v) is 14.9. The topological polar surface area (TPSA) is 50.7 Å². The van der Waals surface area contributed by atoms with Crippen molar-refractivity contribution in [2.45, 2.75) is 33.1 Å². The maximum Gasteiger partial charge on any atom is 0.271 e. The molecular weight excluding hydrogens is 300 g/mol. The Kier molecular flexibility index (Phi) is 5.39. The number of methoxy groups -OCH3 is 1. The average Bonchev–Trinajstić information content (AvgIpc) is 2.54. The van der Waals surface area contributed by atoms with Crippen molar-refractivity contribution in [1.29, 1.82) is 0 Å². The number of nitrogens with one attached hydrogen (secondary N) is 1. The molecule has 0 atom stereocenters. The third-order valence-electron chi connectivity index (χ3n) is 3.81. The van der Waals surface area contributed by atoms with E-state index in [1.54, 1.807) is 13.3 Å². The Bertz CT molecular complexity index is 741. The predicted molar refractivity (Wildman–Crippen MR) is 97.9 cm³/mol. The number of carbonyl (C=O) groups is 1. The van der Waals surface area contributed by atoms with Gasteiger partial charge in [0.15, 0.2) is 0 Å². The van der Waals surface area contributed by atoms with Crippen molar-refractivity contribution < 1.29 is 9.53 Å². The van der Waals surface area contributed by atoms with Gasteiger partial charge in [0, 0.05) is 5.56 Å². The molecule has 2 aromatic rings. The lowest BCUT2D eigenvalue weighted by atomic mass is 9.87. The highest BCUT2D eigenvalue weighted by molar-refractivity contribution is 5.94. The number of aryl methyl sites for hydroxylation is 1. The lowest BCUT2D eigenvalue weighted by Gasteiger charge is -2.18. The van der Waals surface area contributed by atoms with Crippen molar-refractivity contribution in [2.75, 3.05) is 7.11 Å².